The summed E-state index contributed by atoms with van der Waals surface area (Å²) in [6, 6.07) is 7.00. The molecule has 0 saturated heterocycles. The zero-order valence-corrected chi connectivity index (χ0v) is 14.7. The smallest absolute Gasteiger partial charge is 0.255 e. The zero-order valence-electron chi connectivity index (χ0n) is 12.2. The van der Waals surface area contributed by atoms with Crippen molar-refractivity contribution >= 4 is 38.3 Å². The van der Waals surface area contributed by atoms with E-state index < -0.39 is 10.0 Å². The lowest BCUT2D eigenvalue weighted by Crippen LogP contribution is -2.12. The van der Waals surface area contributed by atoms with Gasteiger partial charge in [0.1, 0.15) is 0 Å². The molecule has 1 aromatic carbocycles. The first-order chi connectivity index (χ1) is 9.96. The molecule has 1 heterocycles. The summed E-state index contributed by atoms with van der Waals surface area (Å²) in [5.41, 5.74) is 2.00. The van der Waals surface area contributed by atoms with Gasteiger partial charge in [0.2, 0.25) is 0 Å². The van der Waals surface area contributed by atoms with E-state index >= 15 is 0 Å². The van der Waals surface area contributed by atoms with Crippen molar-refractivity contribution in [2.75, 3.05) is 11.0 Å². The van der Waals surface area contributed by atoms with E-state index in [0.29, 0.717) is 5.13 Å². The average molecular weight is 343 g/mol. The number of thioether (sulfide) groups is 1. The first-order valence-corrected chi connectivity index (χ1v) is 10.1. The number of rotatable bonds is 6. The highest BCUT2D eigenvalue weighted by Crippen LogP contribution is 2.31. The van der Waals surface area contributed by atoms with E-state index in [-0.39, 0.29) is 4.90 Å². The van der Waals surface area contributed by atoms with Crippen LogP contribution in [-0.2, 0) is 16.4 Å². The van der Waals surface area contributed by atoms with E-state index in [0.717, 1.165) is 28.3 Å². The minimum absolute atomic E-state index is 0.265. The Bertz CT molecular complexity index is 706. The highest BCUT2D eigenvalue weighted by atomic mass is 32.2. The van der Waals surface area contributed by atoms with Crippen LogP contribution in [0, 0.1) is 6.92 Å². The quantitative estimate of drug-likeness (QED) is 0.808. The molecule has 21 heavy (non-hydrogen) atoms. The average Bonchev–Trinajstić information content (AvgIpc) is 2.79. The number of aryl methyl sites for hydroxylation is 2. The normalized spacial score (nSPS) is 11.6. The maximum Gasteiger partial charge on any atom is 0.263 e. The Morgan fingerprint density at radius 2 is 1.95 bits per heavy atom. The molecule has 1 aromatic heterocycles. The van der Waals surface area contributed by atoms with E-state index in [2.05, 4.69) is 16.6 Å². The molecule has 1 N–H and O–H groups in total. The standard InChI is InChI=1S/C14H18N2O2S3/c1-4-5-11-6-8-12(9-7-11)21(17,18)16-14-15-10(2)13(19-3)20-14/h6-9H,4-5H2,1-3H3,(H,15,16). The fourth-order valence-corrected chi connectivity index (χ4v) is 4.76. The molecule has 4 nitrogen and oxygen atoms in total. The number of sulfonamides is 1. The second kappa shape index (κ2) is 6.81. The monoisotopic (exact) mass is 342 g/mol. The highest BCUT2D eigenvalue weighted by Gasteiger charge is 2.17. The fourth-order valence-electron chi connectivity index (χ4n) is 1.91. The molecule has 0 radical (unpaired) electrons. The van der Waals surface area contributed by atoms with Crippen LogP contribution in [0.2, 0.25) is 0 Å². The molecule has 0 fully saturated rings. The van der Waals surface area contributed by atoms with E-state index in [1.807, 2.05) is 25.3 Å². The predicted octanol–water partition coefficient (Wildman–Crippen LogP) is 3.93. The second-order valence-corrected chi connectivity index (χ2v) is 8.35. The van der Waals surface area contributed by atoms with Crippen LogP contribution in [0.3, 0.4) is 0 Å². The van der Waals surface area contributed by atoms with E-state index in [4.69, 9.17) is 0 Å². The van der Waals surface area contributed by atoms with Crippen molar-refractivity contribution in [1.29, 1.82) is 0 Å². The second-order valence-electron chi connectivity index (χ2n) is 4.60. The first kappa shape index (κ1) is 16.3. The Labute approximate surface area is 134 Å². The topological polar surface area (TPSA) is 59.1 Å². The van der Waals surface area contributed by atoms with Gasteiger partial charge in [-0.1, -0.05) is 36.8 Å². The van der Waals surface area contributed by atoms with Crippen molar-refractivity contribution in [1.82, 2.24) is 4.98 Å². The van der Waals surface area contributed by atoms with Crippen molar-refractivity contribution in [2.45, 2.75) is 35.8 Å². The Balaban J connectivity index is 2.20. The number of nitrogens with one attached hydrogen (secondary N) is 1. The van der Waals surface area contributed by atoms with Gasteiger partial charge in [0.15, 0.2) is 5.13 Å². The maximum absolute atomic E-state index is 12.3. The van der Waals surface area contributed by atoms with Gasteiger partial charge in [-0.25, -0.2) is 13.4 Å². The number of hydrogen-bond donors (Lipinski definition) is 1. The van der Waals surface area contributed by atoms with Crippen LogP contribution in [0.15, 0.2) is 33.4 Å². The van der Waals surface area contributed by atoms with Crippen LogP contribution in [-0.4, -0.2) is 19.7 Å². The van der Waals surface area contributed by atoms with Gasteiger partial charge in [-0.15, -0.1) is 11.8 Å². The number of hydrogen-bond acceptors (Lipinski definition) is 5. The maximum atomic E-state index is 12.3. The van der Waals surface area contributed by atoms with E-state index in [1.54, 1.807) is 23.9 Å². The van der Waals surface area contributed by atoms with Crippen molar-refractivity contribution in [3.63, 3.8) is 0 Å². The summed E-state index contributed by atoms with van der Waals surface area (Å²) < 4.78 is 28.2. The molecule has 0 aliphatic rings. The minimum atomic E-state index is -3.57. The van der Waals surface area contributed by atoms with Gasteiger partial charge in [-0.3, -0.25) is 4.72 Å². The molecule has 0 bridgehead atoms. The van der Waals surface area contributed by atoms with E-state index in [1.165, 1.54) is 11.3 Å². The van der Waals surface area contributed by atoms with Gasteiger partial charge < -0.3 is 0 Å². The predicted molar refractivity (Wildman–Crippen MR) is 89.9 cm³/mol. The van der Waals surface area contributed by atoms with Gasteiger partial charge in [0.05, 0.1) is 14.8 Å². The van der Waals surface area contributed by atoms with Crippen LogP contribution in [0.25, 0.3) is 0 Å². The van der Waals surface area contributed by atoms with E-state index in [9.17, 15) is 8.42 Å². The molecular weight excluding hydrogens is 324 g/mol. The zero-order chi connectivity index (χ0) is 15.5. The van der Waals surface area contributed by atoms with Crippen molar-refractivity contribution in [3.8, 4) is 0 Å². The van der Waals surface area contributed by atoms with Gasteiger partial charge in [0, 0.05) is 0 Å². The molecule has 0 unspecified atom stereocenters. The summed E-state index contributed by atoms with van der Waals surface area (Å²) in [5, 5.41) is 0.412. The van der Waals surface area contributed by atoms with Gasteiger partial charge in [-0.2, -0.15) is 0 Å². The summed E-state index contributed by atoms with van der Waals surface area (Å²) in [6.45, 7) is 3.97. The molecule has 2 aromatic rings. The third-order valence-corrected chi connectivity index (χ3v) is 6.70. The van der Waals surface area contributed by atoms with Gasteiger partial charge >= 0.3 is 0 Å². The molecule has 0 atom stereocenters. The number of anilines is 1. The van der Waals surface area contributed by atoms with Crippen LogP contribution in [0.1, 0.15) is 24.6 Å². The molecule has 0 aliphatic heterocycles. The van der Waals surface area contributed by atoms with Crippen LogP contribution in [0.4, 0.5) is 5.13 Å². The number of benzene rings is 1. The van der Waals surface area contributed by atoms with Crippen molar-refractivity contribution in [2.24, 2.45) is 0 Å². The number of aromatic nitrogens is 1. The highest BCUT2D eigenvalue weighted by molar-refractivity contribution is 8.00. The lowest BCUT2D eigenvalue weighted by molar-refractivity contribution is 0.601. The minimum Gasteiger partial charge on any atom is -0.255 e. The molecular formula is C14H18N2O2S3. The largest absolute Gasteiger partial charge is 0.263 e. The Kier molecular flexibility index (Phi) is 5.29. The fraction of sp³-hybridized carbons (Fsp3) is 0.357. The molecule has 0 saturated carbocycles. The molecule has 7 heteroatoms. The number of nitrogens with zero attached hydrogens (tertiary/aromatic N) is 1. The summed E-state index contributed by atoms with van der Waals surface area (Å²) in [4.78, 5) is 4.51. The van der Waals surface area contributed by atoms with Gasteiger partial charge in [0.25, 0.3) is 10.0 Å². The third kappa shape index (κ3) is 3.99. The Hall–Kier alpha value is -1.05. The molecule has 2 rings (SSSR count). The summed E-state index contributed by atoms with van der Waals surface area (Å²) in [5.74, 6) is 0. The third-order valence-electron chi connectivity index (χ3n) is 2.93. The lowest BCUT2D eigenvalue weighted by Gasteiger charge is -2.06. The lowest BCUT2D eigenvalue weighted by atomic mass is 10.1. The molecule has 0 amide bonds. The summed E-state index contributed by atoms with van der Waals surface area (Å²) in [6.07, 6.45) is 3.95. The Morgan fingerprint density at radius 3 is 2.48 bits per heavy atom. The van der Waals surface area contributed by atoms with Gasteiger partial charge in [-0.05, 0) is 37.3 Å². The van der Waals surface area contributed by atoms with Crippen molar-refractivity contribution < 1.29 is 8.42 Å². The first-order valence-electron chi connectivity index (χ1n) is 6.59. The van der Waals surface area contributed by atoms with Crippen molar-refractivity contribution in [3.05, 3.63) is 35.5 Å². The molecule has 0 aliphatic carbocycles. The molecule has 114 valence electrons. The SMILES string of the molecule is CCCc1ccc(S(=O)(=O)Nc2nc(C)c(SC)s2)cc1. The number of thiazole rings is 1. The summed E-state index contributed by atoms with van der Waals surface area (Å²) in [7, 11) is -3.57. The molecule has 0 spiro atoms. The van der Waals surface area contributed by atoms with Crippen LogP contribution < -0.4 is 4.72 Å². The van der Waals surface area contributed by atoms with Crippen LogP contribution in [0.5, 0.6) is 0 Å². The Morgan fingerprint density at radius 1 is 1.29 bits per heavy atom. The summed E-state index contributed by atoms with van der Waals surface area (Å²) >= 11 is 2.92. The van der Waals surface area contributed by atoms with Crippen LogP contribution >= 0.6 is 23.1 Å².